The Hall–Kier alpha value is -3.34. The highest BCUT2D eigenvalue weighted by atomic mass is 16.4. The molecule has 0 aliphatic carbocycles. The number of rotatable bonds is 17. The number of amides is 5. The molecule has 1 aliphatic heterocycles. The predicted octanol–water partition coefficient (Wildman–Crippen LogP) is -3.49. The van der Waals surface area contributed by atoms with E-state index in [1.165, 1.54) is 18.7 Å². The second-order valence-corrected chi connectivity index (χ2v) is 10.9. The van der Waals surface area contributed by atoms with Crippen molar-refractivity contribution in [3.8, 4) is 0 Å². The van der Waals surface area contributed by atoms with Crippen LogP contribution in [-0.2, 0) is 28.8 Å². The summed E-state index contributed by atoms with van der Waals surface area (Å²) in [6.45, 7) is 5.92. The first-order chi connectivity index (χ1) is 19.7. The predicted molar refractivity (Wildman–Crippen MR) is 150 cm³/mol. The molecule has 0 unspecified atom stereocenters. The van der Waals surface area contributed by atoms with Crippen molar-refractivity contribution in [1.29, 1.82) is 0 Å². The zero-order valence-corrected chi connectivity index (χ0v) is 24.7. The summed E-state index contributed by atoms with van der Waals surface area (Å²) in [6, 6.07) is -7.13. The average molecular weight is 602 g/mol. The second kappa shape index (κ2) is 17.6. The van der Waals surface area contributed by atoms with Crippen LogP contribution in [0.4, 0.5) is 0 Å². The van der Waals surface area contributed by atoms with Crippen molar-refractivity contribution in [2.45, 2.75) is 102 Å². The van der Waals surface area contributed by atoms with Crippen LogP contribution in [0.25, 0.3) is 0 Å². The third-order valence-corrected chi connectivity index (χ3v) is 6.98. The molecular weight excluding hydrogens is 554 g/mol. The van der Waals surface area contributed by atoms with Crippen molar-refractivity contribution in [2.75, 3.05) is 19.7 Å². The van der Waals surface area contributed by atoms with E-state index in [0.29, 0.717) is 32.2 Å². The fraction of sp³-hybridized carbons (Fsp3) is 0.769. The van der Waals surface area contributed by atoms with Gasteiger partial charge in [0.25, 0.3) is 0 Å². The monoisotopic (exact) mass is 601 g/mol. The van der Waals surface area contributed by atoms with Gasteiger partial charge < -0.3 is 53.0 Å². The number of carbonyl (C=O) groups excluding carboxylic acids is 5. The van der Waals surface area contributed by atoms with E-state index in [4.69, 9.17) is 16.6 Å². The van der Waals surface area contributed by atoms with Gasteiger partial charge in [-0.05, 0) is 58.4 Å². The molecule has 42 heavy (non-hydrogen) atoms. The van der Waals surface area contributed by atoms with Crippen LogP contribution >= 0.6 is 0 Å². The molecule has 1 aliphatic rings. The van der Waals surface area contributed by atoms with Gasteiger partial charge in [-0.1, -0.05) is 13.8 Å². The summed E-state index contributed by atoms with van der Waals surface area (Å²) >= 11 is 0. The van der Waals surface area contributed by atoms with Crippen LogP contribution in [0.1, 0.15) is 59.8 Å². The summed E-state index contributed by atoms with van der Waals surface area (Å²) in [7, 11) is 0. The van der Waals surface area contributed by atoms with Gasteiger partial charge in [-0.2, -0.15) is 0 Å². The van der Waals surface area contributed by atoms with Gasteiger partial charge in [0, 0.05) is 6.54 Å². The van der Waals surface area contributed by atoms with E-state index >= 15 is 0 Å². The zero-order chi connectivity index (χ0) is 32.1. The van der Waals surface area contributed by atoms with Crippen LogP contribution in [0.3, 0.4) is 0 Å². The number of nitrogens with two attached hydrogens (primary N) is 2. The fourth-order valence-electron chi connectivity index (χ4n) is 4.44. The molecule has 0 aromatic rings. The summed E-state index contributed by atoms with van der Waals surface area (Å²) in [4.78, 5) is 76.9. The minimum Gasteiger partial charge on any atom is -0.480 e. The lowest BCUT2D eigenvalue weighted by Crippen LogP contribution is -2.61. The number of hydrogen-bond donors (Lipinski definition) is 9. The van der Waals surface area contributed by atoms with Crippen molar-refractivity contribution < 1.29 is 44.1 Å². The Bertz CT molecular complexity index is 962. The molecule has 1 heterocycles. The summed E-state index contributed by atoms with van der Waals surface area (Å²) in [5.41, 5.74) is 11.0. The van der Waals surface area contributed by atoms with Crippen LogP contribution in [0.5, 0.6) is 0 Å². The molecule has 240 valence electrons. The number of nitrogens with one attached hydrogen (secondary N) is 4. The topological polar surface area (TPSA) is 267 Å². The van der Waals surface area contributed by atoms with E-state index in [1.54, 1.807) is 13.8 Å². The van der Waals surface area contributed by atoms with Crippen LogP contribution in [0.15, 0.2) is 0 Å². The first-order valence-electron chi connectivity index (χ1n) is 14.1. The number of carbonyl (C=O) groups is 6. The smallest absolute Gasteiger partial charge is 0.326 e. The molecule has 0 radical (unpaired) electrons. The number of unbranched alkanes of at least 4 members (excludes halogenated alkanes) is 1. The largest absolute Gasteiger partial charge is 0.480 e. The van der Waals surface area contributed by atoms with E-state index in [1.807, 2.05) is 0 Å². The highest BCUT2D eigenvalue weighted by molar-refractivity contribution is 5.96. The maximum absolute atomic E-state index is 13.1. The van der Waals surface area contributed by atoms with Crippen molar-refractivity contribution in [3.05, 3.63) is 0 Å². The number of aliphatic hydroxyl groups excluding tert-OH is 2. The Kier molecular flexibility index (Phi) is 15.4. The van der Waals surface area contributed by atoms with Crippen molar-refractivity contribution in [2.24, 2.45) is 17.4 Å². The van der Waals surface area contributed by atoms with Gasteiger partial charge in [-0.25, -0.2) is 4.79 Å². The summed E-state index contributed by atoms with van der Waals surface area (Å²) in [5, 5.41) is 38.6. The van der Waals surface area contributed by atoms with Gasteiger partial charge in [-0.3, -0.25) is 24.0 Å². The first-order valence-corrected chi connectivity index (χ1v) is 14.1. The Morgan fingerprint density at radius 1 is 0.905 bits per heavy atom. The second-order valence-electron chi connectivity index (χ2n) is 10.9. The first kappa shape index (κ1) is 36.7. The number of carboxylic acids is 1. The molecule has 1 saturated heterocycles. The van der Waals surface area contributed by atoms with Crippen molar-refractivity contribution in [1.82, 2.24) is 26.2 Å². The van der Waals surface area contributed by atoms with Crippen LogP contribution in [0.2, 0.25) is 0 Å². The fourth-order valence-corrected chi connectivity index (χ4v) is 4.44. The minimum atomic E-state index is -1.52. The van der Waals surface area contributed by atoms with E-state index in [-0.39, 0.29) is 13.0 Å². The van der Waals surface area contributed by atoms with Crippen LogP contribution in [0, 0.1) is 5.92 Å². The SMILES string of the molecule is CC(C)[C@H](NC(=O)[C@@H](NC(=O)[C@H](C)NC(=O)[C@@H]1CCCN1C(=O)[C@@H](N)CO)[C@@H](C)O)C(=O)N[C@@H](CCCCN)C(=O)O. The third kappa shape index (κ3) is 10.8. The van der Waals surface area contributed by atoms with E-state index in [2.05, 4.69) is 21.3 Å². The molecule has 0 saturated carbocycles. The standard InChI is InChI=1S/C26H47N7O9/c1-13(2)19(23(38)30-17(26(41)42)8-5-6-10-27)31-24(39)20(15(4)35)32-21(36)14(3)29-22(37)18-9-7-11-33(18)25(40)16(28)12-34/h13-20,34-35H,5-12,27-28H2,1-4H3,(H,29,37)(H,30,38)(H,31,39)(H,32,36)(H,41,42)/t14-,15+,16-,17-,18-,19-,20-/m0/s1. The van der Waals surface area contributed by atoms with Crippen molar-refractivity contribution in [3.63, 3.8) is 0 Å². The highest BCUT2D eigenvalue weighted by Gasteiger charge is 2.38. The van der Waals surface area contributed by atoms with Gasteiger partial charge in [0.2, 0.25) is 29.5 Å². The molecule has 7 atom stereocenters. The van der Waals surface area contributed by atoms with Crippen molar-refractivity contribution >= 4 is 35.5 Å². The number of nitrogens with zero attached hydrogens (tertiary/aromatic N) is 1. The molecule has 0 bridgehead atoms. The van der Waals surface area contributed by atoms with Gasteiger partial charge in [0.15, 0.2) is 0 Å². The summed E-state index contributed by atoms with van der Waals surface area (Å²) in [6.07, 6.45) is 0.651. The number of likely N-dealkylation sites (tertiary alicyclic amines) is 1. The molecule has 0 aromatic carbocycles. The molecule has 16 heteroatoms. The zero-order valence-electron chi connectivity index (χ0n) is 24.7. The third-order valence-electron chi connectivity index (χ3n) is 6.98. The number of carboxylic acid groups (broad SMARTS) is 1. The molecule has 0 aromatic heterocycles. The quantitative estimate of drug-likeness (QED) is 0.0738. The lowest BCUT2D eigenvalue weighted by Gasteiger charge is -2.29. The van der Waals surface area contributed by atoms with Gasteiger partial charge in [0.05, 0.1) is 12.7 Å². The number of aliphatic carboxylic acids is 1. The maximum Gasteiger partial charge on any atom is 0.326 e. The number of aliphatic hydroxyl groups is 2. The maximum atomic E-state index is 13.1. The Morgan fingerprint density at radius 3 is 2.02 bits per heavy atom. The molecule has 16 nitrogen and oxygen atoms in total. The Labute approximate surface area is 245 Å². The Balaban J connectivity index is 2.88. The molecule has 0 spiro atoms. The molecule has 11 N–H and O–H groups in total. The number of hydrogen-bond acceptors (Lipinski definition) is 10. The molecule has 5 amide bonds. The molecule has 1 fully saturated rings. The minimum absolute atomic E-state index is 0.147. The van der Waals surface area contributed by atoms with E-state index in [9.17, 15) is 39.0 Å². The highest BCUT2D eigenvalue weighted by Crippen LogP contribution is 2.18. The van der Waals surface area contributed by atoms with Gasteiger partial charge in [0.1, 0.15) is 36.3 Å². The average Bonchev–Trinajstić information content (AvgIpc) is 3.42. The lowest BCUT2D eigenvalue weighted by molar-refractivity contribution is -0.143. The lowest BCUT2D eigenvalue weighted by atomic mass is 10.0. The van der Waals surface area contributed by atoms with Crippen LogP contribution in [-0.4, -0.2) is 118 Å². The van der Waals surface area contributed by atoms with Gasteiger partial charge in [-0.15, -0.1) is 0 Å². The van der Waals surface area contributed by atoms with E-state index in [0.717, 1.165) is 0 Å². The Morgan fingerprint density at radius 2 is 1.50 bits per heavy atom. The molecular formula is C26H47N7O9. The molecule has 1 rings (SSSR count). The summed E-state index contributed by atoms with van der Waals surface area (Å²) in [5.74, 6) is -5.39. The van der Waals surface area contributed by atoms with Gasteiger partial charge >= 0.3 is 5.97 Å². The van der Waals surface area contributed by atoms with E-state index < -0.39 is 90.4 Å². The summed E-state index contributed by atoms with van der Waals surface area (Å²) < 4.78 is 0. The van der Waals surface area contributed by atoms with Crippen LogP contribution < -0.4 is 32.7 Å². The normalized spacial score (nSPS) is 19.2.